The van der Waals surface area contributed by atoms with Gasteiger partial charge in [-0.1, -0.05) is 13.0 Å². The summed E-state index contributed by atoms with van der Waals surface area (Å²) >= 11 is 0. The number of nitrogens with one attached hydrogen (secondary N) is 1. The summed E-state index contributed by atoms with van der Waals surface area (Å²) in [6, 6.07) is 5.87. The Kier molecular flexibility index (Phi) is 5.09. The molecule has 0 bridgehead atoms. The van der Waals surface area contributed by atoms with E-state index >= 15 is 0 Å². The first-order chi connectivity index (χ1) is 9.60. The Morgan fingerprint density at radius 1 is 1.55 bits per heavy atom. The zero-order chi connectivity index (χ0) is 14.5. The van der Waals surface area contributed by atoms with Gasteiger partial charge in [-0.3, -0.25) is 9.69 Å². The van der Waals surface area contributed by atoms with Gasteiger partial charge in [0.2, 0.25) is 5.91 Å². The minimum Gasteiger partial charge on any atom is -0.395 e. The van der Waals surface area contributed by atoms with Crippen LogP contribution in [0.15, 0.2) is 24.3 Å². The molecule has 20 heavy (non-hydrogen) atoms. The predicted octanol–water partition coefficient (Wildman–Crippen LogP) is 1.86. The van der Waals surface area contributed by atoms with Gasteiger partial charge < -0.3 is 10.4 Å². The van der Waals surface area contributed by atoms with E-state index in [1.807, 2.05) is 4.90 Å². The number of benzene rings is 1. The van der Waals surface area contributed by atoms with Crippen molar-refractivity contribution in [3.8, 4) is 0 Å². The minimum absolute atomic E-state index is 0.0296. The number of anilines is 1. The highest BCUT2D eigenvalue weighted by Gasteiger charge is 2.29. The Morgan fingerprint density at radius 3 is 3.05 bits per heavy atom. The Morgan fingerprint density at radius 2 is 2.35 bits per heavy atom. The Bertz CT molecular complexity index is 467. The van der Waals surface area contributed by atoms with Crippen molar-refractivity contribution in [3.05, 3.63) is 30.1 Å². The Labute approximate surface area is 118 Å². The molecule has 4 nitrogen and oxygen atoms in total. The summed E-state index contributed by atoms with van der Waals surface area (Å²) in [5, 5.41) is 12.1. The summed E-state index contributed by atoms with van der Waals surface area (Å²) < 4.78 is 13.0. The minimum atomic E-state index is -0.373. The summed E-state index contributed by atoms with van der Waals surface area (Å²) in [7, 11) is 0. The van der Waals surface area contributed by atoms with Gasteiger partial charge in [0, 0.05) is 11.7 Å². The molecule has 1 aromatic rings. The van der Waals surface area contributed by atoms with Gasteiger partial charge in [-0.2, -0.15) is 0 Å². The molecule has 1 aliphatic rings. The lowest BCUT2D eigenvalue weighted by atomic mass is 9.91. The summed E-state index contributed by atoms with van der Waals surface area (Å²) in [6.45, 7) is 3.20. The van der Waals surface area contributed by atoms with E-state index in [9.17, 15) is 14.3 Å². The molecule has 1 aliphatic heterocycles. The van der Waals surface area contributed by atoms with Crippen molar-refractivity contribution in [2.45, 2.75) is 25.8 Å². The molecule has 1 aromatic carbocycles. The third kappa shape index (κ3) is 3.77. The summed E-state index contributed by atoms with van der Waals surface area (Å²) in [6.07, 6.45) is 2.11. The lowest BCUT2D eigenvalue weighted by Crippen LogP contribution is -2.49. The molecule has 0 aromatic heterocycles. The first-order valence-electron chi connectivity index (χ1n) is 7.00. The number of amides is 1. The van der Waals surface area contributed by atoms with E-state index < -0.39 is 0 Å². The number of aliphatic hydroxyl groups is 1. The molecule has 2 N–H and O–H groups in total. The van der Waals surface area contributed by atoms with Crippen LogP contribution < -0.4 is 5.32 Å². The smallest absolute Gasteiger partial charge is 0.238 e. The highest BCUT2D eigenvalue weighted by Crippen LogP contribution is 2.22. The molecule has 0 aliphatic carbocycles. The number of piperidine rings is 1. The molecule has 1 amide bonds. The van der Waals surface area contributed by atoms with Crippen LogP contribution in [0.5, 0.6) is 0 Å². The highest BCUT2D eigenvalue weighted by atomic mass is 19.1. The number of likely N-dealkylation sites (tertiary alicyclic amines) is 1. The van der Waals surface area contributed by atoms with Crippen LogP contribution in [0, 0.1) is 11.7 Å². The van der Waals surface area contributed by atoms with Gasteiger partial charge in [0.1, 0.15) is 5.82 Å². The number of nitrogens with zero attached hydrogens (tertiary/aromatic N) is 1. The van der Waals surface area contributed by atoms with Crippen molar-refractivity contribution in [1.82, 2.24) is 4.90 Å². The zero-order valence-corrected chi connectivity index (χ0v) is 11.7. The topological polar surface area (TPSA) is 52.6 Å². The van der Waals surface area contributed by atoms with Crippen LogP contribution in [0.4, 0.5) is 10.1 Å². The molecule has 2 unspecified atom stereocenters. The zero-order valence-electron chi connectivity index (χ0n) is 11.7. The van der Waals surface area contributed by atoms with Crippen LogP contribution in [-0.2, 0) is 4.79 Å². The Balaban J connectivity index is 1.93. The van der Waals surface area contributed by atoms with E-state index in [-0.39, 0.29) is 30.9 Å². The molecular weight excluding hydrogens is 259 g/mol. The normalized spacial score (nSPS) is 23.6. The number of aliphatic hydroxyl groups excluding tert-OH is 1. The van der Waals surface area contributed by atoms with E-state index in [1.165, 1.54) is 12.1 Å². The molecule has 5 heteroatoms. The molecule has 0 spiro atoms. The van der Waals surface area contributed by atoms with Crippen LogP contribution >= 0.6 is 0 Å². The third-order valence-electron chi connectivity index (χ3n) is 3.87. The third-order valence-corrected chi connectivity index (χ3v) is 3.87. The van der Waals surface area contributed by atoms with Gasteiger partial charge >= 0.3 is 0 Å². The van der Waals surface area contributed by atoms with Gasteiger partial charge in [-0.05, 0) is 43.5 Å². The first-order valence-corrected chi connectivity index (χ1v) is 7.00. The first kappa shape index (κ1) is 14.9. The average Bonchev–Trinajstić information content (AvgIpc) is 2.38. The number of rotatable bonds is 4. The van der Waals surface area contributed by atoms with E-state index in [2.05, 4.69) is 12.2 Å². The second-order valence-electron chi connectivity index (χ2n) is 5.40. The van der Waals surface area contributed by atoms with Crippen molar-refractivity contribution >= 4 is 11.6 Å². The molecule has 1 fully saturated rings. The molecule has 1 saturated heterocycles. The predicted molar refractivity (Wildman–Crippen MR) is 75.9 cm³/mol. The standard InChI is InChI=1S/C15H21FN2O2/c1-11-4-3-7-18(14(11)10-19)9-15(20)17-13-6-2-5-12(16)8-13/h2,5-6,8,11,14,19H,3-4,7,9-10H2,1H3,(H,17,20). The monoisotopic (exact) mass is 280 g/mol. The molecule has 1 heterocycles. The maximum Gasteiger partial charge on any atom is 0.238 e. The molecular formula is C15H21FN2O2. The fraction of sp³-hybridized carbons (Fsp3) is 0.533. The van der Waals surface area contributed by atoms with Crippen molar-refractivity contribution in [3.63, 3.8) is 0 Å². The highest BCUT2D eigenvalue weighted by molar-refractivity contribution is 5.92. The van der Waals surface area contributed by atoms with E-state index in [0.29, 0.717) is 11.6 Å². The maximum atomic E-state index is 13.0. The number of carbonyl (C=O) groups is 1. The molecule has 110 valence electrons. The largest absolute Gasteiger partial charge is 0.395 e. The van der Waals surface area contributed by atoms with Crippen LogP contribution in [0.25, 0.3) is 0 Å². The lowest BCUT2D eigenvalue weighted by molar-refractivity contribution is -0.118. The van der Waals surface area contributed by atoms with Crippen LogP contribution in [0.2, 0.25) is 0 Å². The van der Waals surface area contributed by atoms with Crippen molar-refractivity contribution < 1.29 is 14.3 Å². The second-order valence-corrected chi connectivity index (χ2v) is 5.40. The van der Waals surface area contributed by atoms with Crippen LogP contribution in [-0.4, -0.2) is 41.7 Å². The van der Waals surface area contributed by atoms with Crippen LogP contribution in [0.1, 0.15) is 19.8 Å². The van der Waals surface area contributed by atoms with Gasteiger partial charge in [0.15, 0.2) is 0 Å². The van der Waals surface area contributed by atoms with Gasteiger partial charge in [-0.25, -0.2) is 4.39 Å². The number of carbonyl (C=O) groups excluding carboxylic acids is 1. The van der Waals surface area contributed by atoms with Crippen molar-refractivity contribution in [2.24, 2.45) is 5.92 Å². The SMILES string of the molecule is CC1CCCN(CC(=O)Nc2cccc(F)c2)C1CO. The van der Waals surface area contributed by atoms with E-state index in [4.69, 9.17) is 0 Å². The van der Waals surface area contributed by atoms with Gasteiger partial charge in [0.05, 0.1) is 13.2 Å². The quantitative estimate of drug-likeness (QED) is 0.885. The Hall–Kier alpha value is -1.46. The molecule has 2 rings (SSSR count). The number of hydrogen-bond acceptors (Lipinski definition) is 3. The van der Waals surface area contributed by atoms with Crippen molar-refractivity contribution in [2.75, 3.05) is 25.0 Å². The van der Waals surface area contributed by atoms with Crippen LogP contribution in [0.3, 0.4) is 0 Å². The molecule has 2 atom stereocenters. The fourth-order valence-corrected chi connectivity index (χ4v) is 2.78. The summed E-state index contributed by atoms with van der Waals surface area (Å²) in [5.74, 6) is -0.165. The summed E-state index contributed by atoms with van der Waals surface area (Å²) in [5.41, 5.74) is 0.459. The van der Waals surface area contributed by atoms with Gasteiger partial charge in [0.25, 0.3) is 0 Å². The fourth-order valence-electron chi connectivity index (χ4n) is 2.78. The van der Waals surface area contributed by atoms with E-state index in [0.717, 1.165) is 19.4 Å². The molecule has 0 saturated carbocycles. The summed E-state index contributed by atoms with van der Waals surface area (Å²) in [4.78, 5) is 14.0. The number of hydrogen-bond donors (Lipinski definition) is 2. The van der Waals surface area contributed by atoms with Crippen molar-refractivity contribution in [1.29, 1.82) is 0 Å². The molecule has 0 radical (unpaired) electrons. The lowest BCUT2D eigenvalue weighted by Gasteiger charge is -2.38. The number of halogens is 1. The van der Waals surface area contributed by atoms with E-state index in [1.54, 1.807) is 12.1 Å². The maximum absolute atomic E-state index is 13.0. The average molecular weight is 280 g/mol. The second kappa shape index (κ2) is 6.81. The van der Waals surface area contributed by atoms with Gasteiger partial charge in [-0.15, -0.1) is 0 Å².